The van der Waals surface area contributed by atoms with Crippen molar-refractivity contribution in [3.63, 3.8) is 0 Å². The number of aryl methyl sites for hydroxylation is 1. The summed E-state index contributed by atoms with van der Waals surface area (Å²) in [5.74, 6) is 1.49. The fourth-order valence-electron chi connectivity index (χ4n) is 2.57. The van der Waals surface area contributed by atoms with Gasteiger partial charge in [0.2, 0.25) is 12.7 Å². The molecule has 0 aromatic heterocycles. The fraction of sp³-hybridized carbons (Fsp3) is 0.278. The van der Waals surface area contributed by atoms with Gasteiger partial charge in [0.15, 0.2) is 11.5 Å². The first-order chi connectivity index (χ1) is 11.5. The average molecular weight is 391 g/mol. The van der Waals surface area contributed by atoms with Crippen molar-refractivity contribution in [1.82, 2.24) is 4.90 Å². The van der Waals surface area contributed by atoms with Crippen LogP contribution < -0.4 is 14.8 Å². The summed E-state index contributed by atoms with van der Waals surface area (Å²) >= 11 is 3.45. The van der Waals surface area contributed by atoms with Crippen LogP contribution in [0.3, 0.4) is 0 Å². The highest BCUT2D eigenvalue weighted by Crippen LogP contribution is 2.32. The van der Waals surface area contributed by atoms with E-state index in [0.717, 1.165) is 32.8 Å². The van der Waals surface area contributed by atoms with E-state index in [9.17, 15) is 4.79 Å². The number of nitrogens with zero attached hydrogens (tertiary/aromatic N) is 1. The number of hydrogen-bond acceptors (Lipinski definition) is 4. The quantitative estimate of drug-likeness (QED) is 0.847. The number of anilines is 1. The van der Waals surface area contributed by atoms with Crippen LogP contribution in [0, 0.1) is 6.92 Å². The summed E-state index contributed by atoms with van der Waals surface area (Å²) in [7, 11) is 1.91. The molecule has 0 spiro atoms. The summed E-state index contributed by atoms with van der Waals surface area (Å²) in [4.78, 5) is 14.1. The Balaban J connectivity index is 1.55. The maximum Gasteiger partial charge on any atom is 0.238 e. The van der Waals surface area contributed by atoms with E-state index in [2.05, 4.69) is 21.2 Å². The van der Waals surface area contributed by atoms with Crippen LogP contribution in [0.5, 0.6) is 11.5 Å². The molecule has 0 saturated heterocycles. The second-order valence-electron chi connectivity index (χ2n) is 5.87. The minimum Gasteiger partial charge on any atom is -0.454 e. The van der Waals surface area contributed by atoms with Crippen LogP contribution in [-0.4, -0.2) is 31.2 Å². The van der Waals surface area contributed by atoms with Gasteiger partial charge in [-0.05, 0) is 55.4 Å². The Morgan fingerprint density at radius 2 is 2.00 bits per heavy atom. The van der Waals surface area contributed by atoms with Gasteiger partial charge >= 0.3 is 0 Å². The molecule has 1 aliphatic heterocycles. The van der Waals surface area contributed by atoms with Gasteiger partial charge < -0.3 is 14.8 Å². The smallest absolute Gasteiger partial charge is 0.238 e. The van der Waals surface area contributed by atoms with Gasteiger partial charge in [0, 0.05) is 16.7 Å². The summed E-state index contributed by atoms with van der Waals surface area (Å²) in [5, 5.41) is 2.92. The highest BCUT2D eigenvalue weighted by Gasteiger charge is 2.14. The predicted octanol–water partition coefficient (Wildman–Crippen LogP) is 3.56. The first-order valence-electron chi connectivity index (χ1n) is 7.64. The number of likely N-dealkylation sites (N-methyl/N-ethyl adjacent to an activating group) is 1. The highest BCUT2D eigenvalue weighted by atomic mass is 79.9. The van der Waals surface area contributed by atoms with Crippen molar-refractivity contribution in [3.8, 4) is 11.5 Å². The third kappa shape index (κ3) is 4.07. The summed E-state index contributed by atoms with van der Waals surface area (Å²) in [6.45, 7) is 3.22. The van der Waals surface area contributed by atoms with Crippen molar-refractivity contribution in [2.24, 2.45) is 0 Å². The topological polar surface area (TPSA) is 50.8 Å². The lowest BCUT2D eigenvalue weighted by atomic mass is 10.2. The van der Waals surface area contributed by atoms with Crippen LogP contribution in [-0.2, 0) is 11.3 Å². The van der Waals surface area contributed by atoms with E-state index in [-0.39, 0.29) is 12.7 Å². The molecule has 0 saturated carbocycles. The number of rotatable bonds is 5. The van der Waals surface area contributed by atoms with Crippen LogP contribution in [0.25, 0.3) is 0 Å². The van der Waals surface area contributed by atoms with E-state index in [1.165, 1.54) is 0 Å². The Hall–Kier alpha value is -2.05. The van der Waals surface area contributed by atoms with Crippen LogP contribution >= 0.6 is 15.9 Å². The number of carbonyl (C=O) groups is 1. The lowest BCUT2D eigenvalue weighted by Gasteiger charge is -2.17. The molecule has 0 fully saturated rings. The SMILES string of the molecule is Cc1cc(NC(=O)CN(C)Cc2ccc3c(c2)OCO3)ccc1Br. The van der Waals surface area contributed by atoms with Crippen molar-refractivity contribution in [1.29, 1.82) is 0 Å². The zero-order chi connectivity index (χ0) is 17.1. The van der Waals surface area contributed by atoms with Gasteiger partial charge in [-0.15, -0.1) is 0 Å². The molecule has 3 rings (SSSR count). The molecule has 2 aromatic rings. The van der Waals surface area contributed by atoms with Crippen molar-refractivity contribution < 1.29 is 14.3 Å². The molecule has 0 aliphatic carbocycles. The third-order valence-corrected chi connectivity index (χ3v) is 4.63. The van der Waals surface area contributed by atoms with Crippen LogP contribution in [0.15, 0.2) is 40.9 Å². The zero-order valence-electron chi connectivity index (χ0n) is 13.6. The molecular weight excluding hydrogens is 372 g/mol. The van der Waals surface area contributed by atoms with Crippen LogP contribution in [0.1, 0.15) is 11.1 Å². The minimum absolute atomic E-state index is 0.0417. The number of amides is 1. The number of hydrogen-bond donors (Lipinski definition) is 1. The highest BCUT2D eigenvalue weighted by molar-refractivity contribution is 9.10. The molecule has 0 bridgehead atoms. The second-order valence-corrected chi connectivity index (χ2v) is 6.73. The predicted molar refractivity (Wildman–Crippen MR) is 96.4 cm³/mol. The first-order valence-corrected chi connectivity index (χ1v) is 8.43. The molecule has 2 aromatic carbocycles. The van der Waals surface area contributed by atoms with E-state index in [4.69, 9.17) is 9.47 Å². The molecule has 1 N–H and O–H groups in total. The third-order valence-electron chi connectivity index (χ3n) is 3.74. The lowest BCUT2D eigenvalue weighted by molar-refractivity contribution is -0.117. The number of benzene rings is 2. The minimum atomic E-state index is -0.0417. The summed E-state index contributed by atoms with van der Waals surface area (Å²) < 4.78 is 11.7. The maximum atomic E-state index is 12.2. The molecule has 24 heavy (non-hydrogen) atoms. The summed E-state index contributed by atoms with van der Waals surface area (Å²) in [6.07, 6.45) is 0. The van der Waals surface area contributed by atoms with E-state index in [1.807, 2.05) is 55.3 Å². The number of halogens is 1. The maximum absolute atomic E-state index is 12.2. The number of carbonyl (C=O) groups excluding carboxylic acids is 1. The average Bonchev–Trinajstić information content (AvgIpc) is 2.98. The van der Waals surface area contributed by atoms with E-state index in [1.54, 1.807) is 0 Å². The van der Waals surface area contributed by atoms with Crippen molar-refractivity contribution in [2.75, 3.05) is 25.7 Å². The fourth-order valence-corrected chi connectivity index (χ4v) is 2.82. The van der Waals surface area contributed by atoms with Crippen molar-refractivity contribution in [2.45, 2.75) is 13.5 Å². The Kier molecular flexibility index (Phi) is 5.06. The van der Waals surface area contributed by atoms with E-state index >= 15 is 0 Å². The summed E-state index contributed by atoms with van der Waals surface area (Å²) in [5.41, 5.74) is 2.97. The molecule has 126 valence electrons. The van der Waals surface area contributed by atoms with Gasteiger partial charge in [-0.1, -0.05) is 22.0 Å². The van der Waals surface area contributed by atoms with Gasteiger partial charge in [0.25, 0.3) is 0 Å². The Labute approximate surface area is 149 Å². The van der Waals surface area contributed by atoms with Gasteiger partial charge in [0.1, 0.15) is 0 Å². The first kappa shape index (κ1) is 16.8. The standard InChI is InChI=1S/C18H19BrN2O3/c1-12-7-14(4-5-15(12)19)20-18(22)10-21(2)9-13-3-6-16-17(8-13)24-11-23-16/h3-8H,9-11H2,1-2H3,(H,20,22). The number of ether oxygens (including phenoxy) is 2. The monoisotopic (exact) mass is 390 g/mol. The number of fused-ring (bicyclic) bond motifs is 1. The molecule has 1 heterocycles. The molecule has 6 heteroatoms. The molecule has 0 radical (unpaired) electrons. The number of nitrogens with one attached hydrogen (secondary N) is 1. The van der Waals surface area contributed by atoms with Crippen molar-refractivity contribution >= 4 is 27.5 Å². The Bertz CT molecular complexity index is 764. The van der Waals surface area contributed by atoms with Gasteiger partial charge in [-0.25, -0.2) is 0 Å². The largest absolute Gasteiger partial charge is 0.454 e. The molecule has 0 atom stereocenters. The van der Waals surface area contributed by atoms with Crippen LogP contribution in [0.4, 0.5) is 5.69 Å². The Morgan fingerprint density at radius 3 is 2.79 bits per heavy atom. The van der Waals surface area contributed by atoms with Crippen LogP contribution in [0.2, 0.25) is 0 Å². The second kappa shape index (κ2) is 7.23. The normalized spacial score (nSPS) is 12.5. The molecule has 1 aliphatic rings. The van der Waals surface area contributed by atoms with Gasteiger partial charge in [-0.2, -0.15) is 0 Å². The summed E-state index contributed by atoms with van der Waals surface area (Å²) in [6, 6.07) is 11.6. The lowest BCUT2D eigenvalue weighted by Crippen LogP contribution is -2.29. The molecule has 0 unspecified atom stereocenters. The van der Waals surface area contributed by atoms with Crippen molar-refractivity contribution in [3.05, 3.63) is 52.0 Å². The van der Waals surface area contributed by atoms with Gasteiger partial charge in [0.05, 0.1) is 6.54 Å². The van der Waals surface area contributed by atoms with E-state index in [0.29, 0.717) is 13.1 Å². The van der Waals surface area contributed by atoms with E-state index < -0.39 is 0 Å². The molecular formula is C18H19BrN2O3. The Morgan fingerprint density at radius 1 is 1.21 bits per heavy atom. The van der Waals surface area contributed by atoms with Gasteiger partial charge in [-0.3, -0.25) is 9.69 Å². The zero-order valence-corrected chi connectivity index (χ0v) is 15.2. The molecule has 5 nitrogen and oxygen atoms in total. The molecule has 1 amide bonds.